The number of ether oxygens (including phenoxy) is 2. The van der Waals surface area contributed by atoms with Crippen LogP contribution in [0.3, 0.4) is 0 Å². The van der Waals surface area contributed by atoms with E-state index in [-0.39, 0.29) is 6.10 Å². The molecule has 4 heteroatoms. The monoisotopic (exact) mass is 194 g/mol. The van der Waals surface area contributed by atoms with Crippen LogP contribution in [0.5, 0.6) is 0 Å². The third kappa shape index (κ3) is 1.64. The maximum atomic E-state index is 11.1. The van der Waals surface area contributed by atoms with Gasteiger partial charge in [0, 0.05) is 6.42 Å². The lowest BCUT2D eigenvalue weighted by molar-refractivity contribution is -0.146. The molecule has 2 rings (SSSR count). The first-order valence-corrected chi connectivity index (χ1v) is 4.28. The molecule has 1 atom stereocenters. The van der Waals surface area contributed by atoms with Crippen LogP contribution < -0.4 is 0 Å². The van der Waals surface area contributed by atoms with Gasteiger partial charge in [-0.25, -0.2) is 4.79 Å². The van der Waals surface area contributed by atoms with Crippen LogP contribution in [0.2, 0.25) is 0 Å². The minimum atomic E-state index is -0.394. The van der Waals surface area contributed by atoms with E-state index >= 15 is 0 Å². The molecule has 1 aromatic heterocycles. The lowest BCUT2D eigenvalue weighted by atomic mass is 10.1. The molecule has 0 unspecified atom stereocenters. The maximum Gasteiger partial charge on any atom is 0.334 e. The van der Waals surface area contributed by atoms with Gasteiger partial charge in [0.25, 0.3) is 0 Å². The van der Waals surface area contributed by atoms with Gasteiger partial charge in [-0.1, -0.05) is 0 Å². The summed E-state index contributed by atoms with van der Waals surface area (Å²) in [5.74, 6) is 0.859. The fraction of sp³-hybridized carbons (Fsp3) is 0.300. The van der Waals surface area contributed by atoms with E-state index in [1.54, 1.807) is 18.4 Å². The second-order valence-electron chi connectivity index (χ2n) is 2.96. The van der Waals surface area contributed by atoms with E-state index in [1.165, 1.54) is 13.2 Å². The molecule has 1 aliphatic heterocycles. The van der Waals surface area contributed by atoms with E-state index in [0.717, 1.165) is 0 Å². The third-order valence-corrected chi connectivity index (χ3v) is 2.05. The van der Waals surface area contributed by atoms with Crippen LogP contribution in [0.25, 0.3) is 0 Å². The van der Waals surface area contributed by atoms with E-state index in [9.17, 15) is 4.79 Å². The summed E-state index contributed by atoms with van der Waals surface area (Å²) in [5, 5.41) is 0. The number of cyclic esters (lactones) is 1. The van der Waals surface area contributed by atoms with Gasteiger partial charge in [-0.2, -0.15) is 0 Å². The van der Waals surface area contributed by atoms with Crippen molar-refractivity contribution < 1.29 is 18.7 Å². The van der Waals surface area contributed by atoms with E-state index in [4.69, 9.17) is 13.9 Å². The maximum absolute atomic E-state index is 11.1. The van der Waals surface area contributed by atoms with Crippen LogP contribution >= 0.6 is 0 Å². The fourth-order valence-electron chi connectivity index (χ4n) is 1.36. The highest BCUT2D eigenvalue weighted by molar-refractivity contribution is 5.83. The van der Waals surface area contributed by atoms with Crippen molar-refractivity contribution in [1.29, 1.82) is 0 Å². The summed E-state index contributed by atoms with van der Waals surface area (Å²) in [5.41, 5.74) is 0. The summed E-state index contributed by atoms with van der Waals surface area (Å²) in [6.45, 7) is 0. The van der Waals surface area contributed by atoms with E-state index in [2.05, 4.69) is 0 Å². The number of carbonyl (C=O) groups is 1. The number of hydrogen-bond acceptors (Lipinski definition) is 4. The van der Waals surface area contributed by atoms with Gasteiger partial charge in [-0.3, -0.25) is 0 Å². The Kier molecular flexibility index (Phi) is 2.26. The van der Waals surface area contributed by atoms with Crippen LogP contribution in [-0.2, 0) is 14.3 Å². The molecule has 0 amide bonds. The van der Waals surface area contributed by atoms with Crippen molar-refractivity contribution in [2.24, 2.45) is 0 Å². The summed E-state index contributed by atoms with van der Waals surface area (Å²) in [7, 11) is 1.53. The molecule has 0 saturated heterocycles. The topological polar surface area (TPSA) is 48.7 Å². The smallest absolute Gasteiger partial charge is 0.334 e. The van der Waals surface area contributed by atoms with Gasteiger partial charge in [0.1, 0.15) is 11.5 Å². The highest BCUT2D eigenvalue weighted by Gasteiger charge is 2.25. The Balaban J connectivity index is 2.18. The molecule has 0 aliphatic carbocycles. The van der Waals surface area contributed by atoms with Gasteiger partial charge in [0.15, 0.2) is 6.10 Å². The van der Waals surface area contributed by atoms with Gasteiger partial charge in [0.2, 0.25) is 0 Å². The molecule has 0 spiro atoms. The Bertz CT molecular complexity index is 350. The van der Waals surface area contributed by atoms with Crippen LogP contribution in [0, 0.1) is 0 Å². The number of carbonyl (C=O) groups excluding carboxylic acids is 1. The molecule has 74 valence electrons. The standard InChI is InChI=1S/C10H10O4/c1-12-7-5-9(14-10(11)6-7)8-3-2-4-13-8/h2-4,6,9H,5H2,1H3/t9-/m0/s1. The largest absolute Gasteiger partial charge is 0.501 e. The lowest BCUT2D eigenvalue weighted by Crippen LogP contribution is -2.16. The number of hydrogen-bond donors (Lipinski definition) is 0. The van der Waals surface area contributed by atoms with Gasteiger partial charge in [0.05, 0.1) is 19.4 Å². The predicted octanol–water partition coefficient (Wildman–Crippen LogP) is 1.80. The molecule has 14 heavy (non-hydrogen) atoms. The molecule has 1 aromatic rings. The van der Waals surface area contributed by atoms with Crippen LogP contribution in [0.1, 0.15) is 18.3 Å². The summed E-state index contributed by atoms with van der Waals surface area (Å²) < 4.78 is 15.2. The van der Waals surface area contributed by atoms with Crippen molar-refractivity contribution in [3.8, 4) is 0 Å². The molecule has 0 N–H and O–H groups in total. The minimum Gasteiger partial charge on any atom is -0.501 e. The Hall–Kier alpha value is -1.71. The molecule has 1 aliphatic rings. The van der Waals surface area contributed by atoms with Crippen molar-refractivity contribution >= 4 is 5.97 Å². The SMILES string of the molecule is COC1=CC(=O)O[C@H](c2ccco2)C1. The predicted molar refractivity (Wildman–Crippen MR) is 47.3 cm³/mol. The van der Waals surface area contributed by atoms with Crippen LogP contribution in [-0.4, -0.2) is 13.1 Å². The van der Waals surface area contributed by atoms with Crippen LogP contribution in [0.15, 0.2) is 34.6 Å². The zero-order valence-corrected chi connectivity index (χ0v) is 7.73. The van der Waals surface area contributed by atoms with Gasteiger partial charge in [-0.15, -0.1) is 0 Å². The fourth-order valence-corrected chi connectivity index (χ4v) is 1.36. The second kappa shape index (κ2) is 3.57. The Labute approximate surface area is 81.1 Å². The van der Waals surface area contributed by atoms with E-state index < -0.39 is 5.97 Å². The quantitative estimate of drug-likeness (QED) is 0.673. The molecular formula is C10H10O4. The molecule has 0 bridgehead atoms. The van der Waals surface area contributed by atoms with Gasteiger partial charge in [-0.05, 0) is 12.1 Å². The molecular weight excluding hydrogens is 184 g/mol. The molecule has 0 fully saturated rings. The van der Waals surface area contributed by atoms with Gasteiger partial charge < -0.3 is 13.9 Å². The Morgan fingerprint density at radius 2 is 2.43 bits per heavy atom. The third-order valence-electron chi connectivity index (χ3n) is 2.05. The zero-order chi connectivity index (χ0) is 9.97. The molecule has 0 radical (unpaired) electrons. The van der Waals surface area contributed by atoms with Crippen molar-refractivity contribution in [3.63, 3.8) is 0 Å². The lowest BCUT2D eigenvalue weighted by Gasteiger charge is -2.20. The molecule has 0 aromatic carbocycles. The Morgan fingerprint density at radius 1 is 1.57 bits per heavy atom. The van der Waals surface area contributed by atoms with Crippen molar-refractivity contribution in [2.75, 3.05) is 7.11 Å². The van der Waals surface area contributed by atoms with E-state index in [1.807, 2.05) is 0 Å². The first-order chi connectivity index (χ1) is 6.79. The average Bonchev–Trinajstić information content (AvgIpc) is 2.69. The first-order valence-electron chi connectivity index (χ1n) is 4.28. The first kappa shape index (κ1) is 8.87. The normalized spacial score (nSPS) is 21.4. The summed E-state index contributed by atoms with van der Waals surface area (Å²) >= 11 is 0. The number of esters is 1. The zero-order valence-electron chi connectivity index (χ0n) is 7.73. The number of furan rings is 1. The highest BCUT2D eigenvalue weighted by Crippen LogP contribution is 2.29. The summed E-state index contributed by atoms with van der Waals surface area (Å²) in [6.07, 6.45) is 3.06. The number of rotatable bonds is 2. The average molecular weight is 194 g/mol. The molecule has 2 heterocycles. The highest BCUT2D eigenvalue weighted by atomic mass is 16.6. The number of methoxy groups -OCH3 is 1. The minimum absolute atomic E-state index is 0.363. The van der Waals surface area contributed by atoms with Crippen molar-refractivity contribution in [1.82, 2.24) is 0 Å². The second-order valence-corrected chi connectivity index (χ2v) is 2.96. The van der Waals surface area contributed by atoms with Gasteiger partial charge >= 0.3 is 5.97 Å². The summed E-state index contributed by atoms with van der Waals surface area (Å²) in [4.78, 5) is 11.1. The molecule has 0 saturated carbocycles. The summed E-state index contributed by atoms with van der Waals surface area (Å²) in [6, 6.07) is 3.53. The Morgan fingerprint density at radius 3 is 3.07 bits per heavy atom. The molecule has 4 nitrogen and oxygen atoms in total. The van der Waals surface area contributed by atoms with Crippen molar-refractivity contribution in [3.05, 3.63) is 36.0 Å². The van der Waals surface area contributed by atoms with Crippen LogP contribution in [0.4, 0.5) is 0 Å². The van der Waals surface area contributed by atoms with E-state index in [0.29, 0.717) is 17.9 Å². The van der Waals surface area contributed by atoms with Crippen molar-refractivity contribution in [2.45, 2.75) is 12.5 Å².